The first kappa shape index (κ1) is 11.5. The molecule has 1 aliphatic carbocycles. The monoisotopic (exact) mass is 245 g/mol. The van der Waals surface area contributed by atoms with Crippen LogP contribution in [0, 0.1) is 6.92 Å². The summed E-state index contributed by atoms with van der Waals surface area (Å²) in [5, 5.41) is 8.01. The number of nitrogens with one attached hydrogen (secondary N) is 1. The second-order valence-corrected chi connectivity index (χ2v) is 4.86. The van der Waals surface area contributed by atoms with Crippen LogP contribution in [0.25, 0.3) is 5.65 Å². The van der Waals surface area contributed by atoms with E-state index >= 15 is 0 Å². The van der Waals surface area contributed by atoms with Crippen molar-refractivity contribution >= 4 is 11.5 Å². The van der Waals surface area contributed by atoms with Crippen LogP contribution < -0.4 is 11.1 Å². The van der Waals surface area contributed by atoms with Gasteiger partial charge >= 0.3 is 0 Å². The van der Waals surface area contributed by atoms with E-state index in [4.69, 9.17) is 10.7 Å². The second kappa shape index (κ2) is 4.57. The van der Waals surface area contributed by atoms with Crippen LogP contribution in [0.1, 0.15) is 29.8 Å². The Morgan fingerprint density at radius 1 is 1.44 bits per heavy atom. The van der Waals surface area contributed by atoms with Crippen LogP contribution >= 0.6 is 0 Å². The van der Waals surface area contributed by atoms with Crippen LogP contribution in [0.15, 0.2) is 6.07 Å². The number of aromatic nitrogens is 3. The number of hydrogen-bond acceptors (Lipinski definition) is 4. The van der Waals surface area contributed by atoms with Crippen molar-refractivity contribution < 1.29 is 0 Å². The molecule has 0 bridgehead atoms. The summed E-state index contributed by atoms with van der Waals surface area (Å²) in [6.07, 6.45) is 4.35. The summed E-state index contributed by atoms with van der Waals surface area (Å²) >= 11 is 0. The Morgan fingerprint density at radius 2 is 2.33 bits per heavy atom. The minimum Gasteiger partial charge on any atom is -0.370 e. The molecular formula is C13H19N5. The van der Waals surface area contributed by atoms with Crippen LogP contribution in [0.2, 0.25) is 0 Å². The first-order valence-corrected chi connectivity index (χ1v) is 6.61. The molecule has 0 amide bonds. The first-order chi connectivity index (χ1) is 8.79. The highest BCUT2D eigenvalue weighted by Crippen LogP contribution is 2.28. The van der Waals surface area contributed by atoms with Gasteiger partial charge in [-0.3, -0.25) is 0 Å². The molecule has 0 aliphatic heterocycles. The molecule has 0 radical (unpaired) electrons. The zero-order valence-electron chi connectivity index (χ0n) is 10.7. The van der Waals surface area contributed by atoms with Crippen molar-refractivity contribution in [1.82, 2.24) is 14.6 Å². The molecule has 3 N–H and O–H groups in total. The standard InChI is InChI=1S/C13H19N5/c1-9-8-12-16-11-5-2-4-10(11)13(18(12)17-9)15-7-3-6-14/h8,15H,2-7,14H2,1H3. The molecule has 1 aliphatic rings. The van der Waals surface area contributed by atoms with E-state index in [1.165, 1.54) is 17.7 Å². The highest BCUT2D eigenvalue weighted by molar-refractivity contribution is 5.57. The van der Waals surface area contributed by atoms with Crippen LogP contribution in [-0.4, -0.2) is 27.7 Å². The minimum absolute atomic E-state index is 0.710. The number of rotatable bonds is 4. The Hall–Kier alpha value is -1.62. The summed E-state index contributed by atoms with van der Waals surface area (Å²) in [5.74, 6) is 1.12. The number of nitrogens with two attached hydrogens (primary N) is 1. The van der Waals surface area contributed by atoms with Crippen molar-refractivity contribution in [3.05, 3.63) is 23.0 Å². The molecule has 0 saturated heterocycles. The van der Waals surface area contributed by atoms with E-state index in [1.54, 1.807) is 0 Å². The lowest BCUT2D eigenvalue weighted by molar-refractivity contribution is 0.840. The average molecular weight is 245 g/mol. The van der Waals surface area contributed by atoms with Crippen molar-refractivity contribution in [2.45, 2.75) is 32.6 Å². The predicted octanol–water partition coefficient (Wildman–Crippen LogP) is 1.29. The summed E-state index contributed by atoms with van der Waals surface area (Å²) in [7, 11) is 0. The summed E-state index contributed by atoms with van der Waals surface area (Å²) in [5.41, 5.74) is 10.1. The molecule has 18 heavy (non-hydrogen) atoms. The first-order valence-electron chi connectivity index (χ1n) is 6.61. The quantitative estimate of drug-likeness (QED) is 0.796. The highest BCUT2D eigenvalue weighted by Gasteiger charge is 2.20. The summed E-state index contributed by atoms with van der Waals surface area (Å²) in [4.78, 5) is 4.70. The van der Waals surface area contributed by atoms with Crippen molar-refractivity contribution in [3.63, 3.8) is 0 Å². The van der Waals surface area contributed by atoms with Crippen LogP contribution in [-0.2, 0) is 12.8 Å². The maximum Gasteiger partial charge on any atom is 0.157 e. The third-order valence-corrected chi connectivity index (χ3v) is 3.42. The molecule has 2 heterocycles. The van der Waals surface area contributed by atoms with E-state index in [1.807, 2.05) is 17.5 Å². The zero-order chi connectivity index (χ0) is 12.5. The van der Waals surface area contributed by atoms with E-state index in [0.717, 1.165) is 43.0 Å². The second-order valence-electron chi connectivity index (χ2n) is 4.86. The van der Waals surface area contributed by atoms with Gasteiger partial charge in [-0.1, -0.05) is 0 Å². The van der Waals surface area contributed by atoms with Gasteiger partial charge in [0, 0.05) is 23.9 Å². The molecule has 5 heteroatoms. The normalized spacial score (nSPS) is 14.1. The Kier molecular flexibility index (Phi) is 2.91. The van der Waals surface area contributed by atoms with Crippen LogP contribution in [0.5, 0.6) is 0 Å². The molecule has 5 nitrogen and oxygen atoms in total. The molecule has 0 spiro atoms. The molecule has 2 aromatic rings. The Balaban J connectivity index is 2.07. The Morgan fingerprint density at radius 3 is 3.17 bits per heavy atom. The van der Waals surface area contributed by atoms with Gasteiger partial charge in [0.25, 0.3) is 0 Å². The molecule has 3 rings (SSSR count). The van der Waals surface area contributed by atoms with Gasteiger partial charge in [0.1, 0.15) is 5.82 Å². The number of fused-ring (bicyclic) bond motifs is 2. The van der Waals surface area contributed by atoms with Crippen LogP contribution in [0.3, 0.4) is 0 Å². The van der Waals surface area contributed by atoms with E-state index in [0.29, 0.717) is 6.54 Å². The number of nitrogens with zero attached hydrogens (tertiary/aromatic N) is 3. The molecule has 2 aromatic heterocycles. The zero-order valence-corrected chi connectivity index (χ0v) is 10.7. The molecule has 0 saturated carbocycles. The smallest absolute Gasteiger partial charge is 0.157 e. The Bertz CT molecular complexity index is 572. The van der Waals surface area contributed by atoms with Gasteiger partial charge in [0.15, 0.2) is 5.65 Å². The van der Waals surface area contributed by atoms with Crippen LogP contribution in [0.4, 0.5) is 5.82 Å². The van der Waals surface area contributed by atoms with Gasteiger partial charge in [-0.2, -0.15) is 9.61 Å². The third-order valence-electron chi connectivity index (χ3n) is 3.42. The maximum atomic E-state index is 5.55. The fourth-order valence-corrected chi connectivity index (χ4v) is 2.59. The highest BCUT2D eigenvalue weighted by atomic mass is 15.3. The SMILES string of the molecule is Cc1cc2nc3c(c(NCCCN)n2n1)CCC3. The summed E-state index contributed by atoms with van der Waals surface area (Å²) in [6.45, 7) is 3.60. The van der Waals surface area contributed by atoms with Gasteiger partial charge in [-0.05, 0) is 39.2 Å². The van der Waals surface area contributed by atoms with Gasteiger partial charge in [-0.15, -0.1) is 0 Å². The maximum absolute atomic E-state index is 5.55. The molecule has 0 fully saturated rings. The number of anilines is 1. The fraction of sp³-hybridized carbons (Fsp3) is 0.538. The van der Waals surface area contributed by atoms with Crippen molar-refractivity contribution in [1.29, 1.82) is 0 Å². The largest absolute Gasteiger partial charge is 0.370 e. The van der Waals surface area contributed by atoms with Gasteiger partial charge in [-0.25, -0.2) is 4.98 Å². The molecule has 0 aromatic carbocycles. The lowest BCUT2D eigenvalue weighted by atomic mass is 10.2. The number of hydrogen-bond donors (Lipinski definition) is 2. The topological polar surface area (TPSA) is 68.2 Å². The predicted molar refractivity (Wildman–Crippen MR) is 71.9 cm³/mol. The Labute approximate surface area is 106 Å². The van der Waals surface area contributed by atoms with Gasteiger partial charge in [0.05, 0.1) is 5.69 Å². The fourth-order valence-electron chi connectivity index (χ4n) is 2.59. The lowest BCUT2D eigenvalue weighted by Crippen LogP contribution is -2.14. The van der Waals surface area contributed by atoms with Crippen molar-refractivity contribution in [2.75, 3.05) is 18.4 Å². The number of aryl methyl sites for hydroxylation is 2. The van der Waals surface area contributed by atoms with Crippen molar-refractivity contribution in [3.8, 4) is 0 Å². The summed E-state index contributed by atoms with van der Waals surface area (Å²) < 4.78 is 1.94. The molecule has 0 atom stereocenters. The minimum atomic E-state index is 0.710. The van der Waals surface area contributed by atoms with Crippen molar-refractivity contribution in [2.24, 2.45) is 5.73 Å². The van der Waals surface area contributed by atoms with Gasteiger partial charge in [0.2, 0.25) is 0 Å². The molecule has 96 valence electrons. The van der Waals surface area contributed by atoms with E-state index in [-0.39, 0.29) is 0 Å². The average Bonchev–Trinajstić information content (AvgIpc) is 2.93. The van der Waals surface area contributed by atoms with E-state index < -0.39 is 0 Å². The van der Waals surface area contributed by atoms with Gasteiger partial charge < -0.3 is 11.1 Å². The van der Waals surface area contributed by atoms with E-state index in [9.17, 15) is 0 Å². The molecule has 0 unspecified atom stereocenters. The molecular weight excluding hydrogens is 226 g/mol. The third kappa shape index (κ3) is 1.84. The lowest BCUT2D eigenvalue weighted by Gasteiger charge is -2.12. The summed E-state index contributed by atoms with van der Waals surface area (Å²) in [6, 6.07) is 2.03. The van der Waals surface area contributed by atoms with E-state index in [2.05, 4.69) is 10.4 Å².